The Kier molecular flexibility index (Phi) is 3.76. The molecule has 0 saturated heterocycles. The molecule has 2 rings (SSSR count). The van der Waals surface area contributed by atoms with Crippen LogP contribution >= 0.6 is 34.8 Å². The summed E-state index contributed by atoms with van der Waals surface area (Å²) < 4.78 is 1.68. The van der Waals surface area contributed by atoms with Crippen molar-refractivity contribution in [3.05, 3.63) is 39.4 Å². The second-order valence-corrected chi connectivity index (χ2v) is 4.62. The van der Waals surface area contributed by atoms with Gasteiger partial charge >= 0.3 is 0 Å². The molecule has 17 heavy (non-hydrogen) atoms. The van der Waals surface area contributed by atoms with E-state index in [-0.39, 0.29) is 0 Å². The molecule has 0 spiro atoms. The second-order valence-electron chi connectivity index (χ2n) is 3.40. The van der Waals surface area contributed by atoms with Crippen molar-refractivity contribution >= 4 is 40.5 Å². The third-order valence-electron chi connectivity index (χ3n) is 2.25. The van der Waals surface area contributed by atoms with Gasteiger partial charge in [0.2, 0.25) is 0 Å². The molecule has 7 heteroatoms. The molecule has 0 radical (unpaired) electrons. The Balaban J connectivity index is 2.14. The molecular formula is C10H9Cl3N4. The molecule has 1 N–H and O–H groups in total. The zero-order valence-electron chi connectivity index (χ0n) is 8.91. The first-order chi connectivity index (χ1) is 8.08. The highest BCUT2D eigenvalue weighted by Gasteiger charge is 2.07. The summed E-state index contributed by atoms with van der Waals surface area (Å²) in [5.41, 5.74) is 0.712. The highest BCUT2D eigenvalue weighted by atomic mass is 35.5. The van der Waals surface area contributed by atoms with E-state index in [1.807, 2.05) is 7.05 Å². The fourth-order valence-corrected chi connectivity index (χ4v) is 1.93. The van der Waals surface area contributed by atoms with Gasteiger partial charge in [-0.3, -0.25) is 4.68 Å². The number of halogens is 3. The van der Waals surface area contributed by atoms with Crippen LogP contribution in [0, 0.1) is 0 Å². The minimum absolute atomic E-state index is 0.431. The average Bonchev–Trinajstić information content (AvgIpc) is 2.68. The van der Waals surface area contributed by atoms with Crippen LogP contribution in [-0.4, -0.2) is 14.8 Å². The van der Waals surface area contributed by atoms with E-state index in [4.69, 9.17) is 34.8 Å². The lowest BCUT2D eigenvalue weighted by Gasteiger charge is -2.09. The van der Waals surface area contributed by atoms with Gasteiger partial charge in [0, 0.05) is 7.05 Å². The van der Waals surface area contributed by atoms with Gasteiger partial charge in [0.25, 0.3) is 0 Å². The SMILES string of the molecule is Cn1ncnc1CNc1cc(Cl)c(Cl)cc1Cl. The smallest absolute Gasteiger partial charge is 0.145 e. The van der Waals surface area contributed by atoms with E-state index >= 15 is 0 Å². The number of rotatable bonds is 3. The van der Waals surface area contributed by atoms with Crippen LogP contribution < -0.4 is 5.32 Å². The van der Waals surface area contributed by atoms with Crippen molar-refractivity contribution in [2.75, 3.05) is 5.32 Å². The normalized spacial score (nSPS) is 10.6. The van der Waals surface area contributed by atoms with Gasteiger partial charge in [0.1, 0.15) is 12.2 Å². The van der Waals surface area contributed by atoms with Crippen molar-refractivity contribution in [1.29, 1.82) is 0 Å². The van der Waals surface area contributed by atoms with Crippen LogP contribution in [0.15, 0.2) is 18.5 Å². The largest absolute Gasteiger partial charge is 0.377 e. The summed E-state index contributed by atoms with van der Waals surface area (Å²) in [5, 5.41) is 8.50. The molecule has 1 heterocycles. The molecule has 2 aromatic rings. The Bertz CT molecular complexity index is 538. The predicted octanol–water partition coefficient (Wildman–Crippen LogP) is 3.39. The topological polar surface area (TPSA) is 42.7 Å². The standard InChI is InChI=1S/C10H9Cl3N4/c1-17-10(15-5-16-17)4-14-9-3-7(12)6(11)2-8(9)13/h2-3,5,14H,4H2,1H3. The van der Waals surface area contributed by atoms with Crippen LogP contribution in [0.1, 0.15) is 5.82 Å². The minimum atomic E-state index is 0.431. The van der Waals surface area contributed by atoms with Crippen LogP contribution in [-0.2, 0) is 13.6 Å². The number of hydrogen-bond donors (Lipinski definition) is 1. The van der Waals surface area contributed by atoms with E-state index in [1.54, 1.807) is 16.8 Å². The Hall–Kier alpha value is -0.970. The fourth-order valence-electron chi connectivity index (χ4n) is 1.31. The average molecular weight is 292 g/mol. The highest BCUT2D eigenvalue weighted by molar-refractivity contribution is 6.44. The van der Waals surface area contributed by atoms with Crippen LogP contribution in [0.2, 0.25) is 15.1 Å². The molecule has 1 aromatic carbocycles. The Morgan fingerprint density at radius 1 is 1.18 bits per heavy atom. The zero-order valence-corrected chi connectivity index (χ0v) is 11.2. The van der Waals surface area contributed by atoms with Gasteiger partial charge in [-0.15, -0.1) is 0 Å². The van der Waals surface area contributed by atoms with Gasteiger partial charge < -0.3 is 5.32 Å². The first-order valence-corrected chi connectivity index (χ1v) is 5.92. The molecule has 0 saturated carbocycles. The number of nitrogens with one attached hydrogen (secondary N) is 1. The first kappa shape index (κ1) is 12.5. The summed E-state index contributed by atoms with van der Waals surface area (Å²) in [4.78, 5) is 4.09. The highest BCUT2D eigenvalue weighted by Crippen LogP contribution is 2.32. The van der Waals surface area contributed by atoms with E-state index in [1.165, 1.54) is 6.33 Å². The monoisotopic (exact) mass is 290 g/mol. The molecule has 0 amide bonds. The van der Waals surface area contributed by atoms with Crippen molar-refractivity contribution in [2.45, 2.75) is 6.54 Å². The molecule has 0 aliphatic heterocycles. The van der Waals surface area contributed by atoms with Crippen molar-refractivity contribution in [2.24, 2.45) is 7.05 Å². The molecule has 90 valence electrons. The maximum absolute atomic E-state index is 6.03. The quantitative estimate of drug-likeness (QED) is 0.882. The number of nitrogens with zero attached hydrogens (tertiary/aromatic N) is 3. The molecular weight excluding hydrogens is 282 g/mol. The number of hydrogen-bond acceptors (Lipinski definition) is 3. The molecule has 0 atom stereocenters. The van der Waals surface area contributed by atoms with E-state index in [2.05, 4.69) is 15.4 Å². The van der Waals surface area contributed by atoms with Gasteiger partial charge in [0.15, 0.2) is 0 Å². The second kappa shape index (κ2) is 5.12. The molecule has 0 unspecified atom stereocenters. The fraction of sp³-hybridized carbons (Fsp3) is 0.200. The van der Waals surface area contributed by atoms with Crippen molar-refractivity contribution < 1.29 is 0 Å². The first-order valence-electron chi connectivity index (χ1n) is 4.79. The minimum Gasteiger partial charge on any atom is -0.377 e. The lowest BCUT2D eigenvalue weighted by molar-refractivity contribution is 0.712. The number of aromatic nitrogens is 3. The van der Waals surface area contributed by atoms with Gasteiger partial charge in [0.05, 0.1) is 27.3 Å². The summed E-state index contributed by atoms with van der Waals surface area (Å²) >= 11 is 17.8. The van der Waals surface area contributed by atoms with Crippen molar-refractivity contribution in [3.63, 3.8) is 0 Å². The molecule has 0 aliphatic rings. The maximum atomic E-state index is 6.03. The third-order valence-corrected chi connectivity index (χ3v) is 3.29. The number of benzene rings is 1. The summed E-state index contributed by atoms with van der Waals surface area (Å²) in [6, 6.07) is 3.28. The Morgan fingerprint density at radius 2 is 1.88 bits per heavy atom. The van der Waals surface area contributed by atoms with Gasteiger partial charge in [-0.05, 0) is 12.1 Å². The number of aryl methyl sites for hydroxylation is 1. The predicted molar refractivity (Wildman–Crippen MR) is 69.8 cm³/mol. The third kappa shape index (κ3) is 2.83. The molecule has 0 bridgehead atoms. The van der Waals surface area contributed by atoms with E-state index in [0.29, 0.717) is 27.3 Å². The van der Waals surface area contributed by atoms with E-state index in [9.17, 15) is 0 Å². The Labute approximate surface area is 114 Å². The van der Waals surface area contributed by atoms with Crippen LogP contribution in [0.5, 0.6) is 0 Å². The summed E-state index contributed by atoms with van der Waals surface area (Å²) in [6.45, 7) is 0.508. The summed E-state index contributed by atoms with van der Waals surface area (Å²) in [5.74, 6) is 0.798. The van der Waals surface area contributed by atoms with Crippen LogP contribution in [0.4, 0.5) is 5.69 Å². The van der Waals surface area contributed by atoms with Gasteiger partial charge in [-0.1, -0.05) is 34.8 Å². The van der Waals surface area contributed by atoms with Crippen LogP contribution in [0.3, 0.4) is 0 Å². The zero-order chi connectivity index (χ0) is 12.4. The van der Waals surface area contributed by atoms with Crippen molar-refractivity contribution in [1.82, 2.24) is 14.8 Å². The van der Waals surface area contributed by atoms with Gasteiger partial charge in [-0.25, -0.2) is 4.98 Å². The lowest BCUT2D eigenvalue weighted by Crippen LogP contribution is -2.07. The van der Waals surface area contributed by atoms with Crippen LogP contribution in [0.25, 0.3) is 0 Å². The van der Waals surface area contributed by atoms with E-state index < -0.39 is 0 Å². The lowest BCUT2D eigenvalue weighted by atomic mass is 10.3. The van der Waals surface area contributed by atoms with Gasteiger partial charge in [-0.2, -0.15) is 5.10 Å². The summed E-state index contributed by atoms with van der Waals surface area (Å²) in [7, 11) is 1.82. The van der Waals surface area contributed by atoms with Crippen molar-refractivity contribution in [3.8, 4) is 0 Å². The molecule has 1 aromatic heterocycles. The molecule has 0 aliphatic carbocycles. The maximum Gasteiger partial charge on any atom is 0.145 e. The van der Waals surface area contributed by atoms with E-state index in [0.717, 1.165) is 5.82 Å². The molecule has 4 nitrogen and oxygen atoms in total. The Morgan fingerprint density at radius 3 is 2.53 bits per heavy atom. The number of anilines is 1. The molecule has 0 fully saturated rings. The summed E-state index contributed by atoms with van der Waals surface area (Å²) in [6.07, 6.45) is 1.49.